The van der Waals surface area contributed by atoms with E-state index in [1.807, 2.05) is 0 Å². The number of halogens is 2. The topological polar surface area (TPSA) is 37.8 Å². The van der Waals surface area contributed by atoms with Gasteiger partial charge in [0.25, 0.3) is 0 Å². The van der Waals surface area contributed by atoms with Crippen molar-refractivity contribution in [2.75, 3.05) is 11.9 Å². The molecule has 0 radical (unpaired) electrons. The minimum atomic E-state index is 0.230. The maximum Gasteiger partial charge on any atom is 0.224 e. The van der Waals surface area contributed by atoms with Crippen LogP contribution in [0.15, 0.2) is 6.20 Å². The second-order valence-corrected chi connectivity index (χ2v) is 5.93. The first-order valence-corrected chi connectivity index (χ1v) is 7.32. The summed E-state index contributed by atoms with van der Waals surface area (Å²) in [7, 11) is 0. The molecule has 1 aromatic rings. The number of hydrogen-bond acceptors (Lipinski definition) is 3. The van der Waals surface area contributed by atoms with Gasteiger partial charge in [0, 0.05) is 6.54 Å². The smallest absolute Gasteiger partial charge is 0.224 e. The maximum absolute atomic E-state index is 5.99. The highest BCUT2D eigenvalue weighted by molar-refractivity contribution is 6.33. The molecule has 1 saturated carbocycles. The van der Waals surface area contributed by atoms with Gasteiger partial charge >= 0.3 is 0 Å². The fourth-order valence-corrected chi connectivity index (χ4v) is 2.98. The normalized spacial score (nSPS) is 23.9. The predicted octanol–water partition coefficient (Wildman–Crippen LogP) is 4.41. The van der Waals surface area contributed by atoms with E-state index in [4.69, 9.17) is 23.2 Å². The van der Waals surface area contributed by atoms with E-state index in [1.165, 1.54) is 38.3 Å². The zero-order valence-corrected chi connectivity index (χ0v) is 12.1. The quantitative estimate of drug-likeness (QED) is 0.834. The first kappa shape index (κ1) is 13.9. The highest BCUT2D eigenvalue weighted by Gasteiger charge is 2.18. The molecule has 2 rings (SSSR count). The van der Waals surface area contributed by atoms with Crippen LogP contribution in [0.5, 0.6) is 0 Å². The van der Waals surface area contributed by atoms with E-state index in [9.17, 15) is 0 Å². The molecule has 5 heteroatoms. The second-order valence-electron chi connectivity index (χ2n) is 5.19. The predicted molar refractivity (Wildman–Crippen MR) is 76.3 cm³/mol. The van der Waals surface area contributed by atoms with Gasteiger partial charge in [-0.25, -0.2) is 4.98 Å². The number of aromatic nitrogens is 2. The lowest BCUT2D eigenvalue weighted by Gasteiger charge is -2.26. The third-order valence-electron chi connectivity index (χ3n) is 3.60. The standard InChI is InChI=1S/C13H19Cl2N3/c1-9-3-2-4-10(7-9)5-6-16-12-11(14)8-17-13(15)18-12/h8-10H,2-7H2,1H3,(H,16,17,18). The molecule has 18 heavy (non-hydrogen) atoms. The summed E-state index contributed by atoms with van der Waals surface area (Å²) in [5, 5.41) is 4.00. The molecule has 1 N–H and O–H groups in total. The van der Waals surface area contributed by atoms with Crippen LogP contribution < -0.4 is 5.32 Å². The fraction of sp³-hybridized carbons (Fsp3) is 0.692. The van der Waals surface area contributed by atoms with Crippen molar-refractivity contribution in [3.63, 3.8) is 0 Å². The number of nitrogens with zero attached hydrogens (tertiary/aromatic N) is 2. The summed E-state index contributed by atoms with van der Waals surface area (Å²) in [6.45, 7) is 3.24. The molecule has 1 fully saturated rings. The SMILES string of the molecule is CC1CCCC(CCNc2nc(Cl)ncc2Cl)C1. The Morgan fingerprint density at radius 3 is 3.00 bits per heavy atom. The summed E-state index contributed by atoms with van der Waals surface area (Å²) >= 11 is 11.7. The largest absolute Gasteiger partial charge is 0.369 e. The molecule has 2 unspecified atom stereocenters. The van der Waals surface area contributed by atoms with Gasteiger partial charge in [-0.3, -0.25) is 0 Å². The van der Waals surface area contributed by atoms with E-state index < -0.39 is 0 Å². The Morgan fingerprint density at radius 2 is 2.22 bits per heavy atom. The maximum atomic E-state index is 5.99. The lowest BCUT2D eigenvalue weighted by Crippen LogP contribution is -2.17. The van der Waals surface area contributed by atoms with Gasteiger partial charge < -0.3 is 5.32 Å². The molecule has 0 saturated heterocycles. The third kappa shape index (κ3) is 3.99. The summed E-state index contributed by atoms with van der Waals surface area (Å²) in [6, 6.07) is 0. The van der Waals surface area contributed by atoms with Crippen molar-refractivity contribution in [1.82, 2.24) is 9.97 Å². The molecule has 1 aliphatic carbocycles. The van der Waals surface area contributed by atoms with Crippen molar-refractivity contribution < 1.29 is 0 Å². The van der Waals surface area contributed by atoms with Gasteiger partial charge in [-0.1, -0.05) is 37.8 Å². The Bertz CT molecular complexity index is 398. The van der Waals surface area contributed by atoms with Crippen molar-refractivity contribution >= 4 is 29.0 Å². The molecule has 100 valence electrons. The molecule has 0 amide bonds. The van der Waals surface area contributed by atoms with Crippen LogP contribution in [0.1, 0.15) is 39.0 Å². The molecular weight excluding hydrogens is 269 g/mol. The van der Waals surface area contributed by atoms with E-state index in [-0.39, 0.29) is 5.28 Å². The number of anilines is 1. The minimum absolute atomic E-state index is 0.230. The highest BCUT2D eigenvalue weighted by atomic mass is 35.5. The van der Waals surface area contributed by atoms with Crippen LogP contribution in [-0.4, -0.2) is 16.5 Å². The molecular formula is C13H19Cl2N3. The second kappa shape index (κ2) is 6.58. The van der Waals surface area contributed by atoms with Crippen molar-refractivity contribution in [3.05, 3.63) is 16.5 Å². The molecule has 1 aromatic heterocycles. The zero-order chi connectivity index (χ0) is 13.0. The molecule has 0 spiro atoms. The Kier molecular flexibility index (Phi) is 5.07. The van der Waals surface area contributed by atoms with Crippen LogP contribution in [0.3, 0.4) is 0 Å². The summed E-state index contributed by atoms with van der Waals surface area (Å²) in [6.07, 6.45) is 8.15. The molecule has 0 bridgehead atoms. The van der Waals surface area contributed by atoms with E-state index >= 15 is 0 Å². The van der Waals surface area contributed by atoms with E-state index in [0.717, 1.165) is 18.4 Å². The van der Waals surface area contributed by atoms with Crippen LogP contribution in [0, 0.1) is 11.8 Å². The molecule has 0 aromatic carbocycles. The van der Waals surface area contributed by atoms with E-state index in [1.54, 1.807) is 0 Å². The summed E-state index contributed by atoms with van der Waals surface area (Å²) in [4.78, 5) is 7.91. The van der Waals surface area contributed by atoms with Crippen LogP contribution in [0.4, 0.5) is 5.82 Å². The van der Waals surface area contributed by atoms with Crippen LogP contribution >= 0.6 is 23.2 Å². The minimum Gasteiger partial charge on any atom is -0.369 e. The Morgan fingerprint density at radius 1 is 1.39 bits per heavy atom. The summed E-state index contributed by atoms with van der Waals surface area (Å²) in [5.74, 6) is 2.35. The molecule has 3 nitrogen and oxygen atoms in total. The van der Waals surface area contributed by atoms with Gasteiger partial charge in [0.2, 0.25) is 5.28 Å². The third-order valence-corrected chi connectivity index (χ3v) is 4.06. The lowest BCUT2D eigenvalue weighted by atomic mass is 9.81. The van der Waals surface area contributed by atoms with Gasteiger partial charge in [-0.05, 0) is 36.3 Å². The van der Waals surface area contributed by atoms with Gasteiger partial charge in [0.1, 0.15) is 10.8 Å². The molecule has 2 atom stereocenters. The van der Waals surface area contributed by atoms with E-state index in [2.05, 4.69) is 22.2 Å². The highest BCUT2D eigenvalue weighted by Crippen LogP contribution is 2.30. The fourth-order valence-electron chi connectivity index (χ4n) is 2.69. The first-order chi connectivity index (χ1) is 8.65. The average Bonchev–Trinajstić information content (AvgIpc) is 2.34. The molecule has 1 heterocycles. The summed E-state index contributed by atoms with van der Waals surface area (Å²) in [5.41, 5.74) is 0. The van der Waals surface area contributed by atoms with Crippen LogP contribution in [0.25, 0.3) is 0 Å². The molecule has 1 aliphatic rings. The van der Waals surface area contributed by atoms with Gasteiger partial charge in [-0.2, -0.15) is 4.98 Å². The lowest BCUT2D eigenvalue weighted by molar-refractivity contribution is 0.274. The Hall–Kier alpha value is -0.540. The first-order valence-electron chi connectivity index (χ1n) is 6.57. The van der Waals surface area contributed by atoms with Crippen LogP contribution in [-0.2, 0) is 0 Å². The monoisotopic (exact) mass is 287 g/mol. The number of nitrogens with one attached hydrogen (secondary N) is 1. The van der Waals surface area contributed by atoms with Gasteiger partial charge in [0.05, 0.1) is 6.20 Å². The van der Waals surface area contributed by atoms with Crippen molar-refractivity contribution in [3.8, 4) is 0 Å². The Labute approximate surface area is 118 Å². The average molecular weight is 288 g/mol. The zero-order valence-electron chi connectivity index (χ0n) is 10.6. The van der Waals surface area contributed by atoms with Crippen molar-refractivity contribution in [2.45, 2.75) is 39.0 Å². The van der Waals surface area contributed by atoms with Crippen LogP contribution in [0.2, 0.25) is 10.3 Å². The van der Waals surface area contributed by atoms with E-state index in [0.29, 0.717) is 10.8 Å². The summed E-state index contributed by atoms with van der Waals surface area (Å²) < 4.78 is 0. The number of hydrogen-bond donors (Lipinski definition) is 1. The molecule has 0 aliphatic heterocycles. The van der Waals surface area contributed by atoms with Crippen molar-refractivity contribution in [1.29, 1.82) is 0 Å². The Balaban J connectivity index is 1.79. The van der Waals surface area contributed by atoms with Crippen molar-refractivity contribution in [2.24, 2.45) is 11.8 Å². The number of rotatable bonds is 4. The van der Waals surface area contributed by atoms with Gasteiger partial charge in [0.15, 0.2) is 0 Å². The van der Waals surface area contributed by atoms with Gasteiger partial charge in [-0.15, -0.1) is 0 Å².